The van der Waals surface area contributed by atoms with Crippen LogP contribution in [0.1, 0.15) is 26.5 Å². The van der Waals surface area contributed by atoms with Crippen molar-refractivity contribution in [2.45, 2.75) is 25.7 Å². The Hall–Kier alpha value is -2.72. The number of hydrogen-bond donors (Lipinski definition) is 1. The second-order valence-electron chi connectivity index (χ2n) is 5.31. The van der Waals surface area contributed by atoms with E-state index in [1.165, 1.54) is 22.7 Å². The molecule has 0 radical (unpaired) electrons. The van der Waals surface area contributed by atoms with Gasteiger partial charge in [-0.15, -0.1) is 0 Å². The second kappa shape index (κ2) is 8.11. The molecule has 0 fully saturated rings. The Bertz CT molecular complexity index is 903. The molecule has 0 amide bonds. The summed E-state index contributed by atoms with van der Waals surface area (Å²) < 4.78 is 32.2. The lowest BCUT2D eigenvalue weighted by atomic mass is 10.3. The fourth-order valence-electron chi connectivity index (χ4n) is 2.32. The summed E-state index contributed by atoms with van der Waals surface area (Å²) in [6.07, 6.45) is 1.50. The number of nitro groups is 1. The highest BCUT2D eigenvalue weighted by atomic mass is 32.2. The average Bonchev–Trinajstić information content (AvgIpc) is 3.15. The number of sulfonamides is 1. The predicted molar refractivity (Wildman–Crippen MR) is 97.7 cm³/mol. The van der Waals surface area contributed by atoms with Crippen LogP contribution in [0.3, 0.4) is 0 Å². The highest BCUT2D eigenvalue weighted by molar-refractivity contribution is 7.89. The van der Waals surface area contributed by atoms with Gasteiger partial charge in [0.2, 0.25) is 10.0 Å². The molecule has 0 aliphatic rings. The monoisotopic (exact) mass is 380 g/mol. The zero-order valence-electron chi connectivity index (χ0n) is 14.7. The van der Waals surface area contributed by atoms with Crippen LogP contribution in [0.15, 0.2) is 51.0 Å². The van der Waals surface area contributed by atoms with Gasteiger partial charge in [-0.3, -0.25) is 15.5 Å². The number of hydrogen-bond acceptors (Lipinski definition) is 7. The minimum atomic E-state index is -3.92. The minimum Gasteiger partial charge on any atom is -0.463 e. The Morgan fingerprint density at radius 3 is 2.54 bits per heavy atom. The molecule has 0 saturated carbocycles. The number of nitrogens with zero attached hydrogens (tertiary/aromatic N) is 3. The molecule has 0 unspecified atom stereocenters. The fourth-order valence-corrected chi connectivity index (χ4v) is 3.94. The van der Waals surface area contributed by atoms with Gasteiger partial charge >= 0.3 is 0 Å². The predicted octanol–water partition coefficient (Wildman–Crippen LogP) is 3.05. The summed E-state index contributed by atoms with van der Waals surface area (Å²) in [5.74, 6) is 0.521. The molecule has 140 valence electrons. The molecule has 0 spiro atoms. The van der Waals surface area contributed by atoms with E-state index in [-0.39, 0.29) is 29.4 Å². The van der Waals surface area contributed by atoms with Crippen molar-refractivity contribution in [3.63, 3.8) is 0 Å². The lowest BCUT2D eigenvalue weighted by Gasteiger charge is -2.20. The molecular weight excluding hydrogens is 360 g/mol. The molecule has 2 aromatic rings. The van der Waals surface area contributed by atoms with Crippen LogP contribution < -0.4 is 5.43 Å². The van der Waals surface area contributed by atoms with Crippen molar-refractivity contribution in [2.75, 3.05) is 18.5 Å². The van der Waals surface area contributed by atoms with Crippen LogP contribution in [0.25, 0.3) is 0 Å². The van der Waals surface area contributed by atoms with Crippen molar-refractivity contribution in [3.05, 3.63) is 52.5 Å². The standard InChI is InChI=1S/C16H20N4O5S/c1-4-19(5-2)26(23,24)16-11-13(20(21)22)8-9-14(16)18-17-12(3)15-7-6-10-25-15/h6-11,18H,4-5H2,1-3H3/b17-12+. The first kappa shape index (κ1) is 19.6. The van der Waals surface area contributed by atoms with Gasteiger partial charge in [-0.05, 0) is 25.1 Å². The van der Waals surface area contributed by atoms with Gasteiger partial charge in [0.15, 0.2) is 0 Å². The van der Waals surface area contributed by atoms with Crippen molar-refractivity contribution in [1.82, 2.24) is 4.31 Å². The number of nitro benzene ring substituents is 1. The number of benzene rings is 1. The van der Waals surface area contributed by atoms with E-state index < -0.39 is 14.9 Å². The molecule has 1 aromatic heterocycles. The highest BCUT2D eigenvalue weighted by Crippen LogP contribution is 2.29. The molecule has 2 rings (SSSR count). The lowest BCUT2D eigenvalue weighted by Crippen LogP contribution is -2.31. The quantitative estimate of drug-likeness (QED) is 0.427. The first-order valence-electron chi connectivity index (χ1n) is 7.94. The van der Waals surface area contributed by atoms with E-state index in [4.69, 9.17) is 4.42 Å². The summed E-state index contributed by atoms with van der Waals surface area (Å²) in [7, 11) is -3.92. The lowest BCUT2D eigenvalue weighted by molar-refractivity contribution is -0.385. The molecule has 1 aromatic carbocycles. The largest absolute Gasteiger partial charge is 0.463 e. The molecule has 0 aliphatic carbocycles. The zero-order valence-corrected chi connectivity index (χ0v) is 15.5. The zero-order chi connectivity index (χ0) is 19.3. The highest BCUT2D eigenvalue weighted by Gasteiger charge is 2.27. The number of rotatable bonds is 8. The van der Waals surface area contributed by atoms with Gasteiger partial charge in [0, 0.05) is 25.2 Å². The molecule has 1 heterocycles. The summed E-state index contributed by atoms with van der Waals surface area (Å²) in [6, 6.07) is 7.00. The number of nitrogens with one attached hydrogen (secondary N) is 1. The molecule has 26 heavy (non-hydrogen) atoms. The number of furan rings is 1. The van der Waals surface area contributed by atoms with Gasteiger partial charge in [-0.1, -0.05) is 13.8 Å². The van der Waals surface area contributed by atoms with E-state index >= 15 is 0 Å². The summed E-state index contributed by atoms with van der Waals surface area (Å²) in [5, 5.41) is 15.2. The maximum absolute atomic E-state index is 12.9. The normalized spacial score (nSPS) is 12.4. The van der Waals surface area contributed by atoms with Crippen LogP contribution in [-0.2, 0) is 10.0 Å². The molecule has 9 nitrogen and oxygen atoms in total. The first-order valence-corrected chi connectivity index (χ1v) is 9.38. The van der Waals surface area contributed by atoms with Gasteiger partial charge in [-0.2, -0.15) is 9.41 Å². The average molecular weight is 380 g/mol. The van der Waals surface area contributed by atoms with Gasteiger partial charge < -0.3 is 4.42 Å². The number of non-ortho nitro benzene ring substituents is 1. The summed E-state index contributed by atoms with van der Waals surface area (Å²) in [6.45, 7) is 5.58. The third kappa shape index (κ3) is 4.09. The molecule has 0 bridgehead atoms. The molecule has 0 saturated heterocycles. The topological polar surface area (TPSA) is 118 Å². The molecule has 0 atom stereocenters. The van der Waals surface area contributed by atoms with Gasteiger partial charge in [0.05, 0.1) is 16.9 Å². The van der Waals surface area contributed by atoms with Crippen LogP contribution >= 0.6 is 0 Å². The Kier molecular flexibility index (Phi) is 6.11. The molecule has 0 aliphatic heterocycles. The van der Waals surface area contributed by atoms with Gasteiger partial charge in [-0.25, -0.2) is 8.42 Å². The Morgan fingerprint density at radius 1 is 1.31 bits per heavy atom. The van der Waals surface area contributed by atoms with Crippen LogP contribution in [0.5, 0.6) is 0 Å². The Labute approximate surface area is 151 Å². The maximum Gasteiger partial charge on any atom is 0.270 e. The van der Waals surface area contributed by atoms with Gasteiger partial charge in [0.1, 0.15) is 16.4 Å². The Morgan fingerprint density at radius 2 is 2.00 bits per heavy atom. The van der Waals surface area contributed by atoms with Crippen molar-refractivity contribution in [3.8, 4) is 0 Å². The minimum absolute atomic E-state index is 0.147. The maximum atomic E-state index is 12.9. The number of hydrazone groups is 1. The van der Waals surface area contributed by atoms with Crippen molar-refractivity contribution >= 4 is 27.1 Å². The van der Waals surface area contributed by atoms with E-state index in [0.717, 1.165) is 6.07 Å². The first-order chi connectivity index (χ1) is 12.3. The second-order valence-corrected chi connectivity index (χ2v) is 7.22. The van der Waals surface area contributed by atoms with E-state index in [1.54, 1.807) is 32.9 Å². The third-order valence-electron chi connectivity index (χ3n) is 3.72. The van der Waals surface area contributed by atoms with Crippen LogP contribution in [0.4, 0.5) is 11.4 Å². The van der Waals surface area contributed by atoms with E-state index in [9.17, 15) is 18.5 Å². The molecule has 1 N–H and O–H groups in total. The van der Waals surface area contributed by atoms with Crippen LogP contribution in [0.2, 0.25) is 0 Å². The van der Waals surface area contributed by atoms with Crippen LogP contribution in [-0.4, -0.2) is 36.4 Å². The smallest absolute Gasteiger partial charge is 0.270 e. The SMILES string of the molecule is CCN(CC)S(=O)(=O)c1cc([N+](=O)[O-])ccc1N/N=C(\C)c1ccco1. The summed E-state index contributed by atoms with van der Waals surface area (Å²) in [5.41, 5.74) is 3.01. The summed E-state index contributed by atoms with van der Waals surface area (Å²) in [4.78, 5) is 10.2. The third-order valence-corrected chi connectivity index (χ3v) is 5.81. The van der Waals surface area contributed by atoms with Crippen molar-refractivity contribution in [1.29, 1.82) is 0 Å². The molecular formula is C16H20N4O5S. The molecule has 10 heteroatoms. The van der Waals surface area contributed by atoms with Gasteiger partial charge in [0.25, 0.3) is 5.69 Å². The summed E-state index contributed by atoms with van der Waals surface area (Å²) >= 11 is 0. The number of anilines is 1. The van der Waals surface area contributed by atoms with Crippen LogP contribution in [0, 0.1) is 10.1 Å². The van der Waals surface area contributed by atoms with E-state index in [2.05, 4.69) is 10.5 Å². The van der Waals surface area contributed by atoms with Crippen molar-refractivity contribution in [2.24, 2.45) is 5.10 Å². The van der Waals surface area contributed by atoms with E-state index in [0.29, 0.717) is 11.5 Å². The Balaban J connectivity index is 2.49. The van der Waals surface area contributed by atoms with Crippen molar-refractivity contribution < 1.29 is 17.8 Å². The van der Waals surface area contributed by atoms with E-state index in [1.807, 2.05) is 0 Å². The fraction of sp³-hybridized carbons (Fsp3) is 0.312.